The first-order chi connectivity index (χ1) is 15.9. The number of hydrogen-bond donors (Lipinski definition) is 3. The Morgan fingerprint density at radius 3 is 2.79 bits per heavy atom. The smallest absolute Gasteiger partial charge is 0.233 e. The van der Waals surface area contributed by atoms with Crippen LogP contribution in [0.15, 0.2) is 23.7 Å². The van der Waals surface area contributed by atoms with E-state index >= 15 is 0 Å². The van der Waals surface area contributed by atoms with Crippen LogP contribution in [0.1, 0.15) is 33.1 Å². The van der Waals surface area contributed by atoms with Crippen molar-refractivity contribution < 1.29 is 0 Å². The lowest BCUT2D eigenvalue weighted by Gasteiger charge is -2.60. The maximum absolute atomic E-state index is 4.74. The van der Waals surface area contributed by atoms with Gasteiger partial charge in [-0.15, -0.1) is 11.3 Å². The van der Waals surface area contributed by atoms with Gasteiger partial charge in [-0.2, -0.15) is 15.0 Å². The van der Waals surface area contributed by atoms with Crippen molar-refractivity contribution in [2.75, 3.05) is 49.3 Å². The van der Waals surface area contributed by atoms with Gasteiger partial charge in [0.1, 0.15) is 0 Å². The van der Waals surface area contributed by atoms with Crippen molar-refractivity contribution in [2.24, 2.45) is 23.2 Å². The number of benzene rings is 1. The summed E-state index contributed by atoms with van der Waals surface area (Å²) in [5, 5.41) is 10.1. The highest BCUT2D eigenvalue weighted by molar-refractivity contribution is 7.16. The average Bonchev–Trinajstić information content (AvgIpc) is 3.29. The monoisotopic (exact) mass is 466 g/mol. The van der Waals surface area contributed by atoms with Crippen molar-refractivity contribution in [2.45, 2.75) is 33.1 Å². The Morgan fingerprint density at radius 1 is 1.15 bits per heavy atom. The third kappa shape index (κ3) is 4.48. The number of fused-ring (bicyclic) bond motifs is 3. The molecule has 0 amide bonds. The molecule has 0 radical (unpaired) electrons. The third-order valence-electron chi connectivity index (χ3n) is 7.77. The van der Waals surface area contributed by atoms with E-state index in [1.165, 1.54) is 19.3 Å². The second kappa shape index (κ2) is 9.02. The van der Waals surface area contributed by atoms with Crippen molar-refractivity contribution in [3.8, 4) is 0 Å². The van der Waals surface area contributed by atoms with Crippen LogP contribution in [0.25, 0.3) is 10.2 Å². The first kappa shape index (κ1) is 22.3. The first-order valence-electron chi connectivity index (χ1n) is 11.9. The molecule has 3 aliphatic rings. The number of hydrogen-bond acceptors (Lipinski definition) is 9. The van der Waals surface area contributed by atoms with Gasteiger partial charge in [0.15, 0.2) is 0 Å². The maximum atomic E-state index is 4.74. The summed E-state index contributed by atoms with van der Waals surface area (Å²) in [6, 6.07) is 6.12. The van der Waals surface area contributed by atoms with Crippen molar-refractivity contribution in [3.05, 3.63) is 23.7 Å². The van der Waals surface area contributed by atoms with Gasteiger partial charge in [-0.1, -0.05) is 13.8 Å². The number of likely N-dealkylation sites (N-methyl/N-ethyl adjacent to an activating group) is 2. The predicted octanol–water partition coefficient (Wildman–Crippen LogP) is 4.36. The van der Waals surface area contributed by atoms with Gasteiger partial charge in [-0.3, -0.25) is 0 Å². The summed E-state index contributed by atoms with van der Waals surface area (Å²) in [7, 11) is 3.97. The predicted molar refractivity (Wildman–Crippen MR) is 137 cm³/mol. The number of anilines is 4. The zero-order valence-electron chi connectivity index (χ0n) is 19.9. The molecule has 0 saturated heterocycles. The largest absolute Gasteiger partial charge is 0.354 e. The molecule has 176 valence electrons. The SMILES string of the molecule is CNCCN(C)c1nc(NC[C@@H]2CCC3C[C@@H]2C3(C)C)nc(Nc2ccc3ncsc3c2)n1. The minimum atomic E-state index is 0.476. The van der Waals surface area contributed by atoms with Crippen LogP contribution in [-0.4, -0.2) is 53.7 Å². The Labute approximate surface area is 199 Å². The lowest BCUT2D eigenvalue weighted by Crippen LogP contribution is -2.53. The number of rotatable bonds is 9. The van der Waals surface area contributed by atoms with Crippen LogP contribution in [0, 0.1) is 23.2 Å². The van der Waals surface area contributed by atoms with E-state index in [-0.39, 0.29) is 0 Å². The normalized spacial score (nSPS) is 23.2. The van der Waals surface area contributed by atoms with Crippen LogP contribution >= 0.6 is 11.3 Å². The molecule has 0 spiro atoms. The summed E-state index contributed by atoms with van der Waals surface area (Å²) in [5.41, 5.74) is 4.29. The zero-order chi connectivity index (χ0) is 23.0. The average molecular weight is 467 g/mol. The molecular weight excluding hydrogens is 432 g/mol. The fraction of sp³-hybridized carbons (Fsp3) is 0.583. The van der Waals surface area contributed by atoms with Crippen LogP contribution < -0.4 is 20.9 Å². The second-order valence-electron chi connectivity index (χ2n) is 10.0. The van der Waals surface area contributed by atoms with E-state index in [2.05, 4.69) is 45.7 Å². The van der Waals surface area contributed by atoms with Crippen LogP contribution in [-0.2, 0) is 0 Å². The highest BCUT2D eigenvalue weighted by atomic mass is 32.1. The first-order valence-corrected chi connectivity index (χ1v) is 12.8. The van der Waals surface area contributed by atoms with E-state index in [0.717, 1.165) is 47.4 Å². The molecular formula is C24H34N8S. The highest BCUT2D eigenvalue weighted by Gasteiger charge is 2.53. The summed E-state index contributed by atoms with van der Waals surface area (Å²) in [5.74, 6) is 4.24. The Morgan fingerprint density at radius 2 is 2.00 bits per heavy atom. The lowest BCUT2D eigenvalue weighted by molar-refractivity contribution is -0.100. The molecule has 2 heterocycles. The molecule has 9 heteroatoms. The topological polar surface area (TPSA) is 90.9 Å². The number of nitrogens with zero attached hydrogens (tertiary/aromatic N) is 5. The summed E-state index contributed by atoms with van der Waals surface area (Å²) < 4.78 is 1.14. The highest BCUT2D eigenvalue weighted by Crippen LogP contribution is 2.61. The number of aromatic nitrogens is 4. The van der Waals surface area contributed by atoms with E-state index < -0.39 is 0 Å². The fourth-order valence-corrected chi connectivity index (χ4v) is 6.26. The molecule has 2 bridgehead atoms. The number of thiazole rings is 1. The van der Waals surface area contributed by atoms with Crippen LogP contribution in [0.2, 0.25) is 0 Å². The molecule has 8 nitrogen and oxygen atoms in total. The Kier molecular flexibility index (Phi) is 6.09. The molecule has 2 aromatic heterocycles. The van der Waals surface area contributed by atoms with E-state index in [9.17, 15) is 0 Å². The summed E-state index contributed by atoms with van der Waals surface area (Å²) in [6.45, 7) is 7.47. The van der Waals surface area contributed by atoms with Crippen molar-refractivity contribution >= 4 is 45.1 Å². The van der Waals surface area contributed by atoms with Gasteiger partial charge >= 0.3 is 0 Å². The van der Waals surface area contributed by atoms with Crippen molar-refractivity contribution in [1.29, 1.82) is 0 Å². The second-order valence-corrected chi connectivity index (χ2v) is 10.9. The van der Waals surface area contributed by atoms with E-state index in [1.54, 1.807) is 11.3 Å². The standard InChI is InChI=1S/C24H34N8S/c1-24(2)16-6-5-15(18(24)11-16)13-26-21-29-22(31-23(30-21)32(4)10-9-25-3)28-17-7-8-19-20(12-17)33-14-27-19/h7-8,12,14-16,18,25H,5-6,9-11,13H2,1-4H3,(H2,26,28,29,30,31)/t15-,16?,18-/m0/s1. The van der Waals surface area contributed by atoms with Gasteiger partial charge in [-0.25, -0.2) is 4.98 Å². The lowest BCUT2D eigenvalue weighted by atomic mass is 9.45. The molecule has 3 fully saturated rings. The minimum Gasteiger partial charge on any atom is -0.354 e. The molecule has 3 saturated carbocycles. The molecule has 1 unspecified atom stereocenters. The number of nitrogens with one attached hydrogen (secondary N) is 3. The van der Waals surface area contributed by atoms with Crippen LogP contribution in [0.3, 0.4) is 0 Å². The van der Waals surface area contributed by atoms with Gasteiger partial charge in [0, 0.05) is 32.4 Å². The van der Waals surface area contributed by atoms with E-state index in [0.29, 0.717) is 29.2 Å². The Hall–Kier alpha value is -2.52. The third-order valence-corrected chi connectivity index (χ3v) is 8.57. The van der Waals surface area contributed by atoms with E-state index in [4.69, 9.17) is 15.0 Å². The van der Waals surface area contributed by atoms with Gasteiger partial charge in [-0.05, 0) is 67.7 Å². The van der Waals surface area contributed by atoms with Crippen LogP contribution in [0.4, 0.5) is 23.5 Å². The van der Waals surface area contributed by atoms with Crippen molar-refractivity contribution in [3.63, 3.8) is 0 Å². The molecule has 0 aliphatic heterocycles. The minimum absolute atomic E-state index is 0.476. The van der Waals surface area contributed by atoms with Gasteiger partial charge in [0.25, 0.3) is 0 Å². The van der Waals surface area contributed by atoms with Gasteiger partial charge in [0.2, 0.25) is 17.8 Å². The molecule has 3 N–H and O–H groups in total. The molecule has 33 heavy (non-hydrogen) atoms. The summed E-state index contributed by atoms with van der Waals surface area (Å²) in [6.07, 6.45) is 4.02. The maximum Gasteiger partial charge on any atom is 0.233 e. The summed E-state index contributed by atoms with van der Waals surface area (Å²) >= 11 is 1.63. The van der Waals surface area contributed by atoms with Crippen LogP contribution in [0.5, 0.6) is 0 Å². The molecule has 6 rings (SSSR count). The Balaban J connectivity index is 1.35. The molecule has 3 aromatic rings. The quantitative estimate of drug-likeness (QED) is 0.428. The van der Waals surface area contributed by atoms with Gasteiger partial charge < -0.3 is 20.9 Å². The molecule has 3 atom stereocenters. The Bertz CT molecular complexity index is 1110. The zero-order valence-corrected chi connectivity index (χ0v) is 20.7. The fourth-order valence-electron chi connectivity index (χ4n) is 5.54. The van der Waals surface area contributed by atoms with Crippen molar-refractivity contribution in [1.82, 2.24) is 25.3 Å². The van der Waals surface area contributed by atoms with E-state index in [1.807, 2.05) is 31.7 Å². The van der Waals surface area contributed by atoms with Gasteiger partial charge in [0.05, 0.1) is 15.7 Å². The molecule has 3 aliphatic carbocycles. The summed E-state index contributed by atoms with van der Waals surface area (Å²) in [4.78, 5) is 20.6. The molecule has 1 aromatic carbocycles.